The number of rotatable bonds is 3. The molecule has 1 N–H and O–H groups in total. The number of hydrogen-bond acceptors (Lipinski definition) is 5. The molecule has 122 valence electrons. The second kappa shape index (κ2) is 7.06. The van der Waals surface area contributed by atoms with Crippen molar-refractivity contribution in [3.05, 3.63) is 28.0 Å². The van der Waals surface area contributed by atoms with Crippen molar-refractivity contribution in [3.63, 3.8) is 0 Å². The summed E-state index contributed by atoms with van der Waals surface area (Å²) < 4.78 is 1.91. The maximum absolute atomic E-state index is 4.72. The van der Waals surface area contributed by atoms with E-state index in [1.807, 2.05) is 4.68 Å². The van der Waals surface area contributed by atoms with Crippen molar-refractivity contribution in [2.45, 2.75) is 51.5 Å². The van der Waals surface area contributed by atoms with Gasteiger partial charge in [0, 0.05) is 29.5 Å². The van der Waals surface area contributed by atoms with E-state index in [4.69, 9.17) is 4.98 Å². The van der Waals surface area contributed by atoms with Gasteiger partial charge in [-0.15, -0.1) is 28.8 Å². The summed E-state index contributed by atoms with van der Waals surface area (Å²) in [7, 11) is 0. The first-order valence-corrected chi connectivity index (χ1v) is 8.46. The van der Waals surface area contributed by atoms with Crippen molar-refractivity contribution in [1.82, 2.24) is 25.3 Å². The van der Waals surface area contributed by atoms with Crippen LogP contribution in [0.1, 0.15) is 55.9 Å². The molecule has 0 aliphatic carbocycles. The number of halogens is 1. The van der Waals surface area contributed by atoms with E-state index in [-0.39, 0.29) is 17.8 Å². The lowest BCUT2D eigenvalue weighted by Crippen LogP contribution is -2.28. The summed E-state index contributed by atoms with van der Waals surface area (Å²) in [4.78, 5) is 4.72. The average Bonchev–Trinajstić information content (AvgIpc) is 3.09. The van der Waals surface area contributed by atoms with E-state index in [0.29, 0.717) is 12.5 Å². The van der Waals surface area contributed by atoms with Gasteiger partial charge in [0.15, 0.2) is 0 Å². The van der Waals surface area contributed by atoms with Crippen LogP contribution in [0.25, 0.3) is 0 Å². The fourth-order valence-corrected chi connectivity index (χ4v) is 3.56. The molecule has 0 spiro atoms. The minimum absolute atomic E-state index is 0. The van der Waals surface area contributed by atoms with Gasteiger partial charge < -0.3 is 5.32 Å². The van der Waals surface area contributed by atoms with E-state index in [9.17, 15) is 0 Å². The molecule has 0 radical (unpaired) electrons. The number of nitrogens with zero attached hydrogens (tertiary/aromatic N) is 4. The lowest BCUT2D eigenvalue weighted by molar-refractivity contribution is 0.454. The van der Waals surface area contributed by atoms with E-state index < -0.39 is 0 Å². The molecule has 2 aromatic rings. The minimum atomic E-state index is 0. The Morgan fingerprint density at radius 2 is 2.23 bits per heavy atom. The molecule has 3 heterocycles. The molecule has 1 unspecified atom stereocenters. The second-order valence-electron chi connectivity index (χ2n) is 6.76. The van der Waals surface area contributed by atoms with Crippen molar-refractivity contribution < 1.29 is 0 Å². The molecular formula is C15H24ClN5S. The summed E-state index contributed by atoms with van der Waals surface area (Å²) in [5, 5.41) is 15.3. The molecular weight excluding hydrogens is 318 g/mol. The molecule has 1 aliphatic heterocycles. The van der Waals surface area contributed by atoms with Crippen LogP contribution >= 0.6 is 23.7 Å². The third kappa shape index (κ3) is 4.06. The molecule has 5 nitrogen and oxygen atoms in total. The predicted octanol–water partition coefficient (Wildman–Crippen LogP) is 2.97. The molecule has 7 heteroatoms. The van der Waals surface area contributed by atoms with Crippen LogP contribution in [0, 0.1) is 0 Å². The van der Waals surface area contributed by atoms with Crippen LogP contribution < -0.4 is 5.32 Å². The van der Waals surface area contributed by atoms with Crippen LogP contribution in [0.4, 0.5) is 0 Å². The summed E-state index contributed by atoms with van der Waals surface area (Å²) >= 11 is 1.70. The predicted molar refractivity (Wildman–Crippen MR) is 92.0 cm³/mol. The maximum atomic E-state index is 4.72. The summed E-state index contributed by atoms with van der Waals surface area (Å²) in [5.74, 6) is 0.508. The lowest BCUT2D eigenvalue weighted by atomic mass is 9.93. The van der Waals surface area contributed by atoms with Crippen LogP contribution in [-0.4, -0.2) is 33.1 Å². The summed E-state index contributed by atoms with van der Waals surface area (Å²) in [5.41, 5.74) is 2.37. The van der Waals surface area contributed by atoms with Crippen molar-refractivity contribution in [1.29, 1.82) is 0 Å². The van der Waals surface area contributed by atoms with Gasteiger partial charge in [0.05, 0.1) is 17.9 Å². The second-order valence-corrected chi connectivity index (χ2v) is 7.70. The number of aromatic nitrogens is 4. The third-order valence-electron chi connectivity index (χ3n) is 3.89. The summed E-state index contributed by atoms with van der Waals surface area (Å²) in [6.07, 6.45) is 4.51. The molecule has 1 saturated heterocycles. The Morgan fingerprint density at radius 3 is 2.86 bits per heavy atom. The van der Waals surface area contributed by atoms with E-state index >= 15 is 0 Å². The highest BCUT2D eigenvalue weighted by molar-refractivity contribution is 7.09. The Morgan fingerprint density at radius 1 is 1.41 bits per heavy atom. The Bertz CT molecular complexity index is 595. The van der Waals surface area contributed by atoms with Gasteiger partial charge in [0.2, 0.25) is 0 Å². The lowest BCUT2D eigenvalue weighted by Gasteiger charge is -2.20. The number of piperidine rings is 1. The molecule has 2 aromatic heterocycles. The minimum Gasteiger partial charge on any atom is -0.316 e. The van der Waals surface area contributed by atoms with Crippen LogP contribution in [0.2, 0.25) is 0 Å². The first kappa shape index (κ1) is 17.4. The largest absolute Gasteiger partial charge is 0.316 e. The standard InChI is InChI=1S/C15H23N5S.ClH/c1-15(2,3)13-10-21-14(17-13)9-20-8-12(18-19-20)11-5-4-6-16-7-11;/h8,10-11,16H,4-7,9H2,1-3H3;1H. The maximum Gasteiger partial charge on any atom is 0.114 e. The number of hydrogen-bond donors (Lipinski definition) is 1. The zero-order valence-electron chi connectivity index (χ0n) is 13.4. The molecule has 1 aliphatic rings. The molecule has 1 fully saturated rings. The van der Waals surface area contributed by atoms with Gasteiger partial charge in [0.25, 0.3) is 0 Å². The monoisotopic (exact) mass is 341 g/mol. The molecule has 22 heavy (non-hydrogen) atoms. The smallest absolute Gasteiger partial charge is 0.114 e. The average molecular weight is 342 g/mol. The number of nitrogens with one attached hydrogen (secondary N) is 1. The Kier molecular flexibility index (Phi) is 5.58. The Labute approximate surface area is 141 Å². The number of thiazole rings is 1. The molecule has 0 amide bonds. The van der Waals surface area contributed by atoms with Crippen molar-refractivity contribution in [2.24, 2.45) is 0 Å². The fourth-order valence-electron chi connectivity index (χ4n) is 2.55. The normalized spacial score (nSPS) is 19.0. The SMILES string of the molecule is CC(C)(C)c1csc(Cn2cc(C3CCCNC3)nn2)n1.Cl. The van der Waals surface area contributed by atoms with Crippen LogP contribution in [0.15, 0.2) is 11.6 Å². The van der Waals surface area contributed by atoms with Crippen LogP contribution in [-0.2, 0) is 12.0 Å². The highest BCUT2D eigenvalue weighted by atomic mass is 35.5. The van der Waals surface area contributed by atoms with Crippen LogP contribution in [0.5, 0.6) is 0 Å². The van der Waals surface area contributed by atoms with Crippen molar-refractivity contribution in [2.75, 3.05) is 13.1 Å². The zero-order valence-corrected chi connectivity index (χ0v) is 15.0. The van der Waals surface area contributed by atoms with Crippen LogP contribution in [0.3, 0.4) is 0 Å². The molecule has 0 saturated carbocycles. The van der Waals surface area contributed by atoms with Gasteiger partial charge in [0.1, 0.15) is 5.01 Å². The molecule has 0 bridgehead atoms. The summed E-state index contributed by atoms with van der Waals surface area (Å²) in [6.45, 7) is 9.43. The Balaban J connectivity index is 0.00000176. The highest BCUT2D eigenvalue weighted by Crippen LogP contribution is 2.25. The van der Waals surface area contributed by atoms with Crippen molar-refractivity contribution >= 4 is 23.7 Å². The van der Waals surface area contributed by atoms with Gasteiger partial charge >= 0.3 is 0 Å². The molecule has 0 aromatic carbocycles. The van der Waals surface area contributed by atoms with Gasteiger partial charge in [-0.25, -0.2) is 9.67 Å². The molecule has 1 atom stereocenters. The van der Waals surface area contributed by atoms with Crippen molar-refractivity contribution in [3.8, 4) is 0 Å². The van der Waals surface area contributed by atoms with Gasteiger partial charge in [-0.2, -0.15) is 0 Å². The van der Waals surface area contributed by atoms with E-state index in [1.54, 1.807) is 11.3 Å². The van der Waals surface area contributed by atoms with E-state index in [0.717, 1.165) is 29.5 Å². The third-order valence-corrected chi connectivity index (χ3v) is 4.72. The first-order valence-electron chi connectivity index (χ1n) is 7.58. The van der Waals surface area contributed by atoms with Gasteiger partial charge in [-0.3, -0.25) is 0 Å². The quantitative estimate of drug-likeness (QED) is 0.932. The first-order chi connectivity index (χ1) is 10.0. The Hall–Kier alpha value is -0.980. The zero-order chi connectivity index (χ0) is 14.9. The van der Waals surface area contributed by atoms with E-state index in [2.05, 4.69) is 48.0 Å². The fraction of sp³-hybridized carbons (Fsp3) is 0.667. The van der Waals surface area contributed by atoms with Gasteiger partial charge in [-0.05, 0) is 19.4 Å². The molecule has 3 rings (SSSR count). The summed E-state index contributed by atoms with van der Waals surface area (Å²) in [6, 6.07) is 0. The highest BCUT2D eigenvalue weighted by Gasteiger charge is 2.20. The van der Waals surface area contributed by atoms with Gasteiger partial charge in [-0.1, -0.05) is 26.0 Å². The topological polar surface area (TPSA) is 55.6 Å². The van der Waals surface area contributed by atoms with E-state index in [1.165, 1.54) is 12.8 Å².